The molecule has 1 aromatic heterocycles. The van der Waals surface area contributed by atoms with Crippen molar-refractivity contribution in [1.82, 2.24) is 10.3 Å². The van der Waals surface area contributed by atoms with Gasteiger partial charge in [0.2, 0.25) is 0 Å². The average Bonchev–Trinajstić information content (AvgIpc) is 2.78. The quantitative estimate of drug-likeness (QED) is 0.552. The van der Waals surface area contributed by atoms with Gasteiger partial charge in [-0.05, 0) is 25.2 Å². The molecule has 0 aliphatic carbocycles. The number of hydrogen-bond acceptors (Lipinski definition) is 4. The highest BCUT2D eigenvalue weighted by Gasteiger charge is 2.20. The maximum absolute atomic E-state index is 5.03. The van der Waals surface area contributed by atoms with Crippen LogP contribution in [0, 0.1) is 12.3 Å². The number of nitrogens with one attached hydrogen (secondary N) is 1. The predicted molar refractivity (Wildman–Crippen MR) is 78.2 cm³/mol. The van der Waals surface area contributed by atoms with Gasteiger partial charge in [-0.25, -0.2) is 4.98 Å². The molecule has 0 fully saturated rings. The van der Waals surface area contributed by atoms with Gasteiger partial charge in [0.15, 0.2) is 0 Å². The number of hydrogen-bond donors (Lipinski definition) is 1. The van der Waals surface area contributed by atoms with Crippen LogP contribution in [0.25, 0.3) is 0 Å². The maximum Gasteiger partial charge on any atom is 0.0797 e. The van der Waals surface area contributed by atoms with Gasteiger partial charge in [-0.3, -0.25) is 0 Å². The zero-order chi connectivity index (χ0) is 13.4. The molecule has 0 amide bonds. The molecule has 0 aliphatic rings. The van der Waals surface area contributed by atoms with Crippen LogP contribution in [0.5, 0.6) is 0 Å². The minimum atomic E-state index is 0.129. The van der Waals surface area contributed by atoms with Crippen LogP contribution in [0.15, 0.2) is 18.2 Å². The number of ether oxygens (including phenoxy) is 1. The average molecular weight is 268 g/mol. The molecule has 0 spiro atoms. The summed E-state index contributed by atoms with van der Waals surface area (Å²) < 4.78 is 5.03. The minimum absolute atomic E-state index is 0.129. The molecule has 0 saturated carbocycles. The summed E-state index contributed by atoms with van der Waals surface area (Å²) in [7, 11) is 1.72. The fourth-order valence-electron chi connectivity index (χ4n) is 1.78. The molecule has 1 N–H and O–H groups in total. The van der Waals surface area contributed by atoms with Gasteiger partial charge < -0.3 is 10.1 Å². The summed E-state index contributed by atoms with van der Waals surface area (Å²) in [6, 6.07) is 0. The lowest BCUT2D eigenvalue weighted by Gasteiger charge is -2.26. The second kappa shape index (κ2) is 7.67. The first kappa shape index (κ1) is 15.3. The summed E-state index contributed by atoms with van der Waals surface area (Å²) >= 11 is 1.75. The maximum atomic E-state index is 5.03. The second-order valence-electron chi connectivity index (χ2n) is 4.89. The molecule has 1 heterocycles. The van der Waals surface area contributed by atoms with Gasteiger partial charge in [-0.15, -0.1) is 17.9 Å². The SMILES string of the molecule is C=CC(C)(CCc1scnc1C)CNCCOC. The smallest absolute Gasteiger partial charge is 0.0797 e. The predicted octanol–water partition coefficient (Wildman–Crippen LogP) is 2.81. The van der Waals surface area contributed by atoms with Crippen LogP contribution in [0.2, 0.25) is 0 Å². The first-order chi connectivity index (χ1) is 8.61. The van der Waals surface area contributed by atoms with E-state index in [1.54, 1.807) is 18.4 Å². The Morgan fingerprint density at radius 1 is 1.61 bits per heavy atom. The monoisotopic (exact) mass is 268 g/mol. The second-order valence-corrected chi connectivity index (χ2v) is 5.83. The summed E-state index contributed by atoms with van der Waals surface area (Å²) in [5.41, 5.74) is 3.22. The summed E-state index contributed by atoms with van der Waals surface area (Å²) in [6.07, 6.45) is 4.23. The Hall–Kier alpha value is -0.710. The van der Waals surface area contributed by atoms with Gasteiger partial charge in [-0.1, -0.05) is 13.0 Å². The van der Waals surface area contributed by atoms with Gasteiger partial charge in [0, 0.05) is 25.1 Å². The molecule has 0 aromatic carbocycles. The van der Waals surface area contributed by atoms with Crippen molar-refractivity contribution < 1.29 is 4.74 Å². The van der Waals surface area contributed by atoms with Crippen molar-refractivity contribution in [3.05, 3.63) is 28.7 Å². The van der Waals surface area contributed by atoms with Crippen molar-refractivity contribution in [3.63, 3.8) is 0 Å². The molecule has 1 unspecified atom stereocenters. The fraction of sp³-hybridized carbons (Fsp3) is 0.643. The van der Waals surface area contributed by atoms with Crippen molar-refractivity contribution in [2.45, 2.75) is 26.7 Å². The topological polar surface area (TPSA) is 34.2 Å². The van der Waals surface area contributed by atoms with Crippen molar-refractivity contribution in [3.8, 4) is 0 Å². The molecule has 1 aromatic rings. The number of aryl methyl sites for hydroxylation is 2. The molecule has 0 radical (unpaired) electrons. The highest BCUT2D eigenvalue weighted by Crippen LogP contribution is 2.26. The van der Waals surface area contributed by atoms with Crippen LogP contribution >= 0.6 is 11.3 Å². The summed E-state index contributed by atoms with van der Waals surface area (Å²) in [4.78, 5) is 5.68. The third-order valence-electron chi connectivity index (χ3n) is 3.27. The minimum Gasteiger partial charge on any atom is -0.383 e. The van der Waals surface area contributed by atoms with Crippen molar-refractivity contribution >= 4 is 11.3 Å². The van der Waals surface area contributed by atoms with Crippen LogP contribution in [0.1, 0.15) is 23.9 Å². The van der Waals surface area contributed by atoms with E-state index in [1.807, 2.05) is 5.51 Å². The highest BCUT2D eigenvalue weighted by molar-refractivity contribution is 7.09. The van der Waals surface area contributed by atoms with Gasteiger partial charge >= 0.3 is 0 Å². The Bertz CT molecular complexity index is 364. The fourth-order valence-corrected chi connectivity index (χ4v) is 2.56. The van der Waals surface area contributed by atoms with Crippen LogP contribution in [-0.2, 0) is 11.2 Å². The summed E-state index contributed by atoms with van der Waals surface area (Å²) in [5, 5.41) is 3.41. The Balaban J connectivity index is 2.39. The standard InChI is InChI=1S/C14H24N2OS/c1-5-14(3,10-15-8-9-17-4)7-6-13-12(2)16-11-18-13/h5,11,15H,1,6-10H2,2-4H3. The molecule has 1 rings (SSSR count). The number of thiazole rings is 1. The third-order valence-corrected chi connectivity index (χ3v) is 4.27. The molecule has 4 heteroatoms. The number of rotatable bonds is 9. The lowest BCUT2D eigenvalue weighted by molar-refractivity contribution is 0.195. The third kappa shape index (κ3) is 4.88. The lowest BCUT2D eigenvalue weighted by atomic mass is 9.85. The molecular weight excluding hydrogens is 244 g/mol. The van der Waals surface area contributed by atoms with Gasteiger partial charge in [0.05, 0.1) is 17.8 Å². The van der Waals surface area contributed by atoms with Gasteiger partial charge in [0.25, 0.3) is 0 Å². The first-order valence-electron chi connectivity index (χ1n) is 6.33. The number of nitrogens with zero attached hydrogens (tertiary/aromatic N) is 1. The molecule has 3 nitrogen and oxygen atoms in total. The highest BCUT2D eigenvalue weighted by atomic mass is 32.1. The summed E-state index contributed by atoms with van der Waals surface area (Å²) in [6.45, 7) is 10.9. The van der Waals surface area contributed by atoms with E-state index in [0.29, 0.717) is 0 Å². The molecular formula is C14H24N2OS. The van der Waals surface area contributed by atoms with E-state index < -0.39 is 0 Å². The largest absolute Gasteiger partial charge is 0.383 e. The Labute approximate surface area is 114 Å². The van der Waals surface area contributed by atoms with Crippen molar-refractivity contribution in [1.29, 1.82) is 0 Å². The van der Waals surface area contributed by atoms with Crippen molar-refractivity contribution in [2.75, 3.05) is 26.8 Å². The van der Waals surface area contributed by atoms with E-state index in [2.05, 4.69) is 36.8 Å². The molecule has 1 atom stereocenters. The van der Waals surface area contributed by atoms with Crippen molar-refractivity contribution in [2.24, 2.45) is 5.41 Å². The van der Waals surface area contributed by atoms with Crippen LogP contribution in [0.4, 0.5) is 0 Å². The molecule has 0 saturated heterocycles. The Morgan fingerprint density at radius 3 is 2.94 bits per heavy atom. The van der Waals surface area contributed by atoms with Crippen LogP contribution in [0.3, 0.4) is 0 Å². The van der Waals surface area contributed by atoms with Crippen LogP contribution in [-0.4, -0.2) is 31.8 Å². The summed E-state index contributed by atoms with van der Waals surface area (Å²) in [5.74, 6) is 0. The normalized spacial score (nSPS) is 14.4. The first-order valence-corrected chi connectivity index (χ1v) is 7.21. The van der Waals surface area contributed by atoms with E-state index >= 15 is 0 Å². The van der Waals surface area contributed by atoms with E-state index in [0.717, 1.165) is 32.5 Å². The van der Waals surface area contributed by atoms with E-state index in [-0.39, 0.29) is 5.41 Å². The molecule has 18 heavy (non-hydrogen) atoms. The zero-order valence-electron chi connectivity index (χ0n) is 11.7. The Morgan fingerprint density at radius 2 is 2.39 bits per heavy atom. The molecule has 0 bridgehead atoms. The molecule has 0 aliphatic heterocycles. The number of aromatic nitrogens is 1. The van der Waals surface area contributed by atoms with E-state index in [4.69, 9.17) is 4.74 Å². The van der Waals surface area contributed by atoms with Gasteiger partial charge in [0.1, 0.15) is 0 Å². The van der Waals surface area contributed by atoms with Gasteiger partial charge in [-0.2, -0.15) is 0 Å². The van der Waals surface area contributed by atoms with Crippen LogP contribution < -0.4 is 5.32 Å². The lowest BCUT2D eigenvalue weighted by Crippen LogP contribution is -2.32. The van der Waals surface area contributed by atoms with E-state index in [9.17, 15) is 0 Å². The number of methoxy groups -OCH3 is 1. The van der Waals surface area contributed by atoms with E-state index in [1.165, 1.54) is 10.6 Å². The zero-order valence-corrected chi connectivity index (χ0v) is 12.5. The molecule has 102 valence electrons. The Kier molecular flexibility index (Phi) is 6.54.